The van der Waals surface area contributed by atoms with Crippen LogP contribution in [0.4, 0.5) is 0 Å². The summed E-state index contributed by atoms with van der Waals surface area (Å²) in [5.41, 5.74) is 0. The molecule has 5 atom stereocenters. The summed E-state index contributed by atoms with van der Waals surface area (Å²) in [4.78, 5) is 24.0. The minimum absolute atomic E-state index is 0.0509. The zero-order chi connectivity index (χ0) is 18.2. The molecule has 2 saturated heterocycles. The van der Waals surface area contributed by atoms with Gasteiger partial charge in [0.05, 0.1) is 19.6 Å². The largest absolute Gasteiger partial charge is 0.459 e. The van der Waals surface area contributed by atoms with Gasteiger partial charge in [0, 0.05) is 0 Å². The van der Waals surface area contributed by atoms with Crippen molar-refractivity contribution in [3.63, 3.8) is 0 Å². The molecule has 25 heavy (non-hydrogen) atoms. The van der Waals surface area contributed by atoms with Crippen molar-refractivity contribution in [3.8, 4) is 0 Å². The molecule has 1 N–H and O–H groups in total. The number of unbranched alkanes of at least 4 members (excludes halogenated alkanes) is 2. The van der Waals surface area contributed by atoms with Crippen LogP contribution < -0.4 is 0 Å². The van der Waals surface area contributed by atoms with E-state index in [1.165, 1.54) is 0 Å². The molecule has 0 amide bonds. The standard InChI is InChI=1S/C18H30O7/c1-3-5-7-13(15-10-22-15)24-17(20)9-12(19)18(21)25-14(8-6-4-2)16-11-23-16/h12-16,19H,3-11H2,1-2H3. The van der Waals surface area contributed by atoms with Crippen molar-refractivity contribution in [2.45, 2.75) is 89.3 Å². The number of rotatable bonds is 13. The fourth-order valence-electron chi connectivity index (χ4n) is 2.68. The van der Waals surface area contributed by atoms with Crippen LogP contribution in [0.25, 0.3) is 0 Å². The second kappa shape index (κ2) is 10.1. The molecule has 0 spiro atoms. The lowest BCUT2D eigenvalue weighted by Crippen LogP contribution is -2.34. The Morgan fingerprint density at radius 3 is 1.92 bits per heavy atom. The summed E-state index contributed by atoms with van der Waals surface area (Å²) in [6.07, 6.45) is 2.55. The van der Waals surface area contributed by atoms with Crippen LogP contribution in [0.15, 0.2) is 0 Å². The van der Waals surface area contributed by atoms with Crippen molar-refractivity contribution in [3.05, 3.63) is 0 Å². The van der Waals surface area contributed by atoms with E-state index in [1.54, 1.807) is 0 Å². The van der Waals surface area contributed by atoms with E-state index in [0.717, 1.165) is 32.1 Å². The second-order valence-corrected chi connectivity index (χ2v) is 6.75. The monoisotopic (exact) mass is 358 g/mol. The molecule has 0 bridgehead atoms. The number of aliphatic hydroxyl groups is 1. The summed E-state index contributed by atoms with van der Waals surface area (Å²) < 4.78 is 21.1. The van der Waals surface area contributed by atoms with E-state index in [2.05, 4.69) is 13.8 Å². The molecule has 0 aliphatic carbocycles. The Balaban J connectivity index is 1.73. The van der Waals surface area contributed by atoms with Crippen molar-refractivity contribution >= 4 is 11.9 Å². The van der Waals surface area contributed by atoms with Crippen molar-refractivity contribution in [2.75, 3.05) is 13.2 Å². The van der Waals surface area contributed by atoms with Crippen molar-refractivity contribution in [2.24, 2.45) is 0 Å². The van der Waals surface area contributed by atoms with Gasteiger partial charge in [0.25, 0.3) is 0 Å². The van der Waals surface area contributed by atoms with Gasteiger partial charge in [-0.25, -0.2) is 4.79 Å². The van der Waals surface area contributed by atoms with Gasteiger partial charge in [0.2, 0.25) is 0 Å². The fourth-order valence-corrected chi connectivity index (χ4v) is 2.68. The van der Waals surface area contributed by atoms with Crippen LogP contribution in [0.5, 0.6) is 0 Å². The number of carbonyl (C=O) groups is 2. The molecule has 2 rings (SSSR count). The molecule has 2 aliphatic heterocycles. The smallest absolute Gasteiger partial charge is 0.335 e. The van der Waals surface area contributed by atoms with Gasteiger partial charge in [-0.1, -0.05) is 26.7 Å². The molecule has 2 heterocycles. The summed E-state index contributed by atoms with van der Waals surface area (Å²) >= 11 is 0. The van der Waals surface area contributed by atoms with E-state index in [-0.39, 0.29) is 24.4 Å². The highest BCUT2D eigenvalue weighted by molar-refractivity contribution is 5.81. The van der Waals surface area contributed by atoms with Crippen LogP contribution in [0.2, 0.25) is 0 Å². The van der Waals surface area contributed by atoms with Crippen LogP contribution >= 0.6 is 0 Å². The third-order valence-electron chi connectivity index (χ3n) is 4.41. The van der Waals surface area contributed by atoms with Crippen LogP contribution in [-0.2, 0) is 28.5 Å². The first kappa shape index (κ1) is 20.1. The summed E-state index contributed by atoms with van der Waals surface area (Å²) in [6, 6.07) is 0. The molecule has 2 aliphatic rings. The molecule has 0 saturated carbocycles. The van der Waals surface area contributed by atoms with E-state index in [4.69, 9.17) is 18.9 Å². The molecular weight excluding hydrogens is 328 g/mol. The van der Waals surface area contributed by atoms with Gasteiger partial charge in [-0.3, -0.25) is 4.79 Å². The third-order valence-corrected chi connectivity index (χ3v) is 4.41. The minimum atomic E-state index is -1.51. The summed E-state index contributed by atoms with van der Waals surface area (Å²) in [7, 11) is 0. The maximum Gasteiger partial charge on any atom is 0.335 e. The predicted octanol–water partition coefficient (Wildman–Crippen LogP) is 1.74. The minimum Gasteiger partial charge on any atom is -0.459 e. The number of esters is 2. The lowest BCUT2D eigenvalue weighted by molar-refractivity contribution is -0.167. The summed E-state index contributed by atoms with van der Waals surface area (Å²) in [6.45, 7) is 5.27. The molecule has 0 aromatic carbocycles. The van der Waals surface area contributed by atoms with Crippen LogP contribution in [0.1, 0.15) is 58.8 Å². The van der Waals surface area contributed by atoms with Crippen LogP contribution in [0.3, 0.4) is 0 Å². The number of carbonyl (C=O) groups excluding carboxylic acids is 2. The zero-order valence-corrected chi connectivity index (χ0v) is 15.1. The van der Waals surface area contributed by atoms with Crippen molar-refractivity contribution in [1.29, 1.82) is 0 Å². The average Bonchev–Trinajstić information content (AvgIpc) is 3.47. The number of hydrogen-bond donors (Lipinski definition) is 1. The topological polar surface area (TPSA) is 97.9 Å². The Morgan fingerprint density at radius 1 is 1.00 bits per heavy atom. The Bertz CT molecular complexity index is 431. The predicted molar refractivity (Wildman–Crippen MR) is 88.9 cm³/mol. The molecule has 2 fully saturated rings. The lowest BCUT2D eigenvalue weighted by atomic mass is 10.1. The molecule has 144 valence electrons. The molecule has 5 unspecified atom stereocenters. The number of hydrogen-bond acceptors (Lipinski definition) is 7. The number of aliphatic hydroxyl groups excluding tert-OH is 1. The van der Waals surface area contributed by atoms with Gasteiger partial charge < -0.3 is 24.1 Å². The Kier molecular flexibility index (Phi) is 8.12. The highest BCUT2D eigenvalue weighted by atomic mass is 16.6. The van der Waals surface area contributed by atoms with E-state index in [9.17, 15) is 14.7 Å². The first-order valence-electron chi connectivity index (χ1n) is 9.36. The highest BCUT2D eigenvalue weighted by Gasteiger charge is 2.38. The van der Waals surface area contributed by atoms with E-state index in [1.807, 2.05) is 0 Å². The SMILES string of the molecule is CCCCC(OC(=O)CC(O)C(=O)OC(CCCC)C1CO1)C1CO1. The van der Waals surface area contributed by atoms with Gasteiger partial charge in [-0.2, -0.15) is 0 Å². The molecule has 0 aromatic heterocycles. The van der Waals surface area contributed by atoms with Gasteiger partial charge in [0.15, 0.2) is 6.10 Å². The maximum atomic E-state index is 12.0. The van der Waals surface area contributed by atoms with Crippen molar-refractivity contribution in [1.82, 2.24) is 0 Å². The normalized spacial score (nSPS) is 24.9. The second-order valence-electron chi connectivity index (χ2n) is 6.75. The van der Waals surface area contributed by atoms with Gasteiger partial charge >= 0.3 is 11.9 Å². The first-order valence-corrected chi connectivity index (χ1v) is 9.36. The molecular formula is C18H30O7. The Hall–Kier alpha value is -1.18. The van der Waals surface area contributed by atoms with E-state index >= 15 is 0 Å². The Labute approximate surface area is 149 Å². The van der Waals surface area contributed by atoms with Crippen LogP contribution in [-0.4, -0.2) is 60.8 Å². The van der Waals surface area contributed by atoms with E-state index < -0.39 is 24.5 Å². The highest BCUT2D eigenvalue weighted by Crippen LogP contribution is 2.24. The fraction of sp³-hybridized carbons (Fsp3) is 0.889. The molecule has 7 heteroatoms. The first-order chi connectivity index (χ1) is 12.0. The number of ether oxygens (including phenoxy) is 4. The van der Waals surface area contributed by atoms with Crippen molar-refractivity contribution < 1.29 is 33.6 Å². The lowest BCUT2D eigenvalue weighted by Gasteiger charge is -2.19. The average molecular weight is 358 g/mol. The third kappa shape index (κ3) is 7.30. The summed E-state index contributed by atoms with van der Waals surface area (Å²) in [5, 5.41) is 9.96. The van der Waals surface area contributed by atoms with Gasteiger partial charge in [-0.15, -0.1) is 0 Å². The molecule has 7 nitrogen and oxygen atoms in total. The van der Waals surface area contributed by atoms with E-state index in [0.29, 0.717) is 19.6 Å². The van der Waals surface area contributed by atoms with Crippen LogP contribution in [0, 0.1) is 0 Å². The quantitative estimate of drug-likeness (QED) is 0.395. The molecule has 0 radical (unpaired) electrons. The maximum absolute atomic E-state index is 12.0. The Morgan fingerprint density at radius 2 is 1.48 bits per heavy atom. The summed E-state index contributed by atoms with van der Waals surface area (Å²) in [5.74, 6) is -1.39. The van der Waals surface area contributed by atoms with Gasteiger partial charge in [-0.05, 0) is 25.7 Å². The zero-order valence-electron chi connectivity index (χ0n) is 15.1. The van der Waals surface area contributed by atoms with Gasteiger partial charge in [0.1, 0.15) is 24.4 Å². The number of epoxide rings is 2. The molecule has 0 aromatic rings.